The number of carboxylic acids is 1. The van der Waals surface area contributed by atoms with Crippen LogP contribution in [0.1, 0.15) is 32.6 Å². The van der Waals surface area contributed by atoms with E-state index in [1.807, 2.05) is 24.3 Å². The molecule has 0 atom stereocenters. The van der Waals surface area contributed by atoms with Gasteiger partial charge in [-0.2, -0.15) is 0 Å². The van der Waals surface area contributed by atoms with Crippen molar-refractivity contribution >= 4 is 23.4 Å². The number of aromatic carboxylic acids is 1. The summed E-state index contributed by atoms with van der Waals surface area (Å²) in [5.41, 5.74) is 11.4. The maximum absolute atomic E-state index is 11.3. The number of hydrogen-bond acceptors (Lipinski definition) is 3. The number of hydrogen-bond donors (Lipinski definition) is 2. The second kappa shape index (κ2) is 9.11. The number of rotatable bonds is 7. The fraction of sp³-hybridized carbons (Fsp3) is 0.0741. The van der Waals surface area contributed by atoms with E-state index in [0.29, 0.717) is 11.4 Å². The van der Waals surface area contributed by atoms with Gasteiger partial charge in [0.1, 0.15) is 0 Å². The lowest BCUT2D eigenvalue weighted by Gasteiger charge is -2.35. The zero-order valence-corrected chi connectivity index (χ0v) is 17.8. The van der Waals surface area contributed by atoms with E-state index in [2.05, 4.69) is 72.8 Å². The average Bonchev–Trinajstić information content (AvgIpc) is 2.82. The first-order valence-electron chi connectivity index (χ1n) is 10.0. The average molecular weight is 426 g/mol. The highest BCUT2D eigenvalue weighted by atomic mass is 32.2. The van der Waals surface area contributed by atoms with E-state index in [9.17, 15) is 9.90 Å². The molecule has 4 aromatic rings. The Kier molecular flexibility index (Phi) is 6.10. The Hall–Kier alpha value is -3.50. The van der Waals surface area contributed by atoms with E-state index >= 15 is 0 Å². The first kappa shape index (κ1) is 20.8. The highest BCUT2D eigenvalue weighted by Gasteiger charge is 2.36. The first-order chi connectivity index (χ1) is 15.1. The molecule has 0 saturated heterocycles. The van der Waals surface area contributed by atoms with Crippen LogP contribution in [0.15, 0.2) is 109 Å². The molecule has 0 amide bonds. The maximum Gasteiger partial charge on any atom is 0.335 e. The molecular formula is C27H23NO2S. The summed E-state index contributed by atoms with van der Waals surface area (Å²) < 4.78 is -0.443. The molecule has 3 N–H and O–H groups in total. The molecule has 3 nitrogen and oxygen atoms in total. The quantitative estimate of drug-likeness (QED) is 0.274. The second-order valence-electron chi connectivity index (χ2n) is 7.29. The lowest BCUT2D eigenvalue weighted by Crippen LogP contribution is -2.26. The number of carboxylic acid groups (broad SMARTS) is 1. The van der Waals surface area contributed by atoms with E-state index in [1.54, 1.807) is 17.8 Å². The highest BCUT2D eigenvalue weighted by molar-refractivity contribution is 7.99. The fourth-order valence-corrected chi connectivity index (χ4v) is 5.36. The summed E-state index contributed by atoms with van der Waals surface area (Å²) in [4.78, 5) is 11.3. The maximum atomic E-state index is 11.3. The molecule has 0 aliphatic heterocycles. The monoisotopic (exact) mass is 425 g/mol. The van der Waals surface area contributed by atoms with Crippen LogP contribution in [0.4, 0.5) is 5.69 Å². The van der Waals surface area contributed by atoms with E-state index in [0.717, 1.165) is 5.56 Å². The molecule has 0 aromatic heterocycles. The Balaban J connectivity index is 1.84. The molecule has 0 unspecified atom stereocenters. The van der Waals surface area contributed by atoms with Crippen molar-refractivity contribution < 1.29 is 9.90 Å². The Bertz CT molecular complexity index is 1070. The van der Waals surface area contributed by atoms with Crippen LogP contribution >= 0.6 is 11.8 Å². The summed E-state index contributed by atoms with van der Waals surface area (Å²) in [5.74, 6) is -0.345. The van der Waals surface area contributed by atoms with Gasteiger partial charge in [-0.3, -0.25) is 0 Å². The SMILES string of the molecule is Nc1cc(C(=O)O)ccc1CSC(c1ccccc1)(c1ccccc1)c1ccccc1. The van der Waals surface area contributed by atoms with Crippen molar-refractivity contribution in [3.05, 3.63) is 137 Å². The summed E-state index contributed by atoms with van der Waals surface area (Å²) >= 11 is 1.78. The molecule has 0 radical (unpaired) electrons. The number of anilines is 1. The third-order valence-corrected chi connectivity index (χ3v) is 6.97. The Morgan fingerprint density at radius 3 is 1.58 bits per heavy atom. The minimum atomic E-state index is -0.974. The zero-order valence-electron chi connectivity index (χ0n) is 16.9. The van der Waals surface area contributed by atoms with E-state index in [4.69, 9.17) is 5.73 Å². The topological polar surface area (TPSA) is 63.3 Å². The van der Waals surface area contributed by atoms with Gasteiger partial charge in [0.2, 0.25) is 0 Å². The smallest absolute Gasteiger partial charge is 0.335 e. The fourth-order valence-electron chi connectivity index (χ4n) is 3.81. The van der Waals surface area contributed by atoms with Crippen LogP contribution in [0.5, 0.6) is 0 Å². The Morgan fingerprint density at radius 2 is 1.19 bits per heavy atom. The van der Waals surface area contributed by atoms with E-state index in [1.165, 1.54) is 22.8 Å². The molecule has 4 rings (SSSR count). The van der Waals surface area contributed by atoms with Gasteiger partial charge in [0, 0.05) is 11.4 Å². The molecule has 0 bridgehead atoms. The van der Waals surface area contributed by atoms with Crippen molar-refractivity contribution in [2.45, 2.75) is 10.5 Å². The van der Waals surface area contributed by atoms with Crippen LogP contribution in [0, 0.1) is 0 Å². The Labute approximate surface area is 186 Å². The number of nitrogen functional groups attached to an aromatic ring is 1. The minimum absolute atomic E-state index is 0.201. The van der Waals surface area contributed by atoms with Gasteiger partial charge in [-0.15, -0.1) is 11.8 Å². The summed E-state index contributed by atoms with van der Waals surface area (Å²) in [5, 5.41) is 9.24. The largest absolute Gasteiger partial charge is 0.478 e. The molecule has 4 heteroatoms. The molecule has 31 heavy (non-hydrogen) atoms. The van der Waals surface area contributed by atoms with Gasteiger partial charge in [-0.25, -0.2) is 4.79 Å². The number of benzene rings is 4. The van der Waals surface area contributed by atoms with Crippen LogP contribution in [-0.4, -0.2) is 11.1 Å². The molecule has 0 aliphatic rings. The van der Waals surface area contributed by atoms with Crippen molar-refractivity contribution in [2.24, 2.45) is 0 Å². The standard InChI is InChI=1S/C27H23NO2S/c28-25-18-20(26(29)30)16-17-21(25)19-31-27(22-10-4-1-5-11-22,23-12-6-2-7-13-23)24-14-8-3-9-15-24/h1-18H,19,28H2,(H,29,30). The van der Waals surface area contributed by atoms with E-state index < -0.39 is 10.7 Å². The normalized spacial score (nSPS) is 11.2. The van der Waals surface area contributed by atoms with Crippen molar-refractivity contribution in [1.29, 1.82) is 0 Å². The van der Waals surface area contributed by atoms with Gasteiger partial charge in [-0.05, 0) is 34.4 Å². The molecule has 0 aliphatic carbocycles. The third-order valence-electron chi connectivity index (χ3n) is 5.38. The Morgan fingerprint density at radius 1 is 0.742 bits per heavy atom. The summed E-state index contributed by atoms with van der Waals surface area (Å²) in [6.07, 6.45) is 0. The van der Waals surface area contributed by atoms with Crippen LogP contribution in [0.3, 0.4) is 0 Å². The van der Waals surface area contributed by atoms with Gasteiger partial charge < -0.3 is 10.8 Å². The molecular weight excluding hydrogens is 402 g/mol. The van der Waals surface area contributed by atoms with E-state index in [-0.39, 0.29) is 5.56 Å². The van der Waals surface area contributed by atoms with Gasteiger partial charge in [0.25, 0.3) is 0 Å². The van der Waals surface area contributed by atoms with Crippen molar-refractivity contribution in [3.63, 3.8) is 0 Å². The molecule has 0 saturated carbocycles. The predicted molar refractivity (Wildman–Crippen MR) is 128 cm³/mol. The first-order valence-corrected chi connectivity index (χ1v) is 11.0. The van der Waals surface area contributed by atoms with Crippen LogP contribution in [0.2, 0.25) is 0 Å². The van der Waals surface area contributed by atoms with Crippen molar-refractivity contribution in [2.75, 3.05) is 5.73 Å². The molecule has 0 fully saturated rings. The summed E-state index contributed by atoms with van der Waals surface area (Å²) in [7, 11) is 0. The van der Waals surface area contributed by atoms with Gasteiger partial charge in [0.15, 0.2) is 0 Å². The predicted octanol–water partition coefficient (Wildman–Crippen LogP) is 6.19. The van der Waals surface area contributed by atoms with Gasteiger partial charge in [-0.1, -0.05) is 97.1 Å². The zero-order chi connectivity index (χ0) is 21.7. The van der Waals surface area contributed by atoms with Crippen LogP contribution < -0.4 is 5.73 Å². The van der Waals surface area contributed by atoms with Crippen LogP contribution in [0.25, 0.3) is 0 Å². The molecule has 154 valence electrons. The number of nitrogens with two attached hydrogens (primary N) is 1. The molecule has 0 spiro atoms. The van der Waals surface area contributed by atoms with Gasteiger partial charge in [0.05, 0.1) is 10.3 Å². The van der Waals surface area contributed by atoms with Crippen molar-refractivity contribution in [1.82, 2.24) is 0 Å². The van der Waals surface area contributed by atoms with Crippen molar-refractivity contribution in [3.8, 4) is 0 Å². The van der Waals surface area contributed by atoms with Gasteiger partial charge >= 0.3 is 5.97 Å². The molecule has 0 heterocycles. The number of thioether (sulfide) groups is 1. The van der Waals surface area contributed by atoms with Crippen LogP contribution in [-0.2, 0) is 10.5 Å². The third kappa shape index (κ3) is 4.21. The lowest BCUT2D eigenvalue weighted by molar-refractivity contribution is 0.0697. The summed E-state index contributed by atoms with van der Waals surface area (Å²) in [6, 6.07) is 36.4. The molecule has 4 aromatic carbocycles. The lowest BCUT2D eigenvalue weighted by atomic mass is 9.84. The highest BCUT2D eigenvalue weighted by Crippen LogP contribution is 2.49. The second-order valence-corrected chi connectivity index (χ2v) is 8.48. The summed E-state index contributed by atoms with van der Waals surface area (Å²) in [6.45, 7) is 0. The number of carbonyl (C=O) groups is 1. The minimum Gasteiger partial charge on any atom is -0.478 e.